The third-order valence-electron chi connectivity index (χ3n) is 6.24. The van der Waals surface area contributed by atoms with Crippen LogP contribution >= 0.6 is 0 Å². The monoisotopic (exact) mass is 484 g/mol. The van der Waals surface area contributed by atoms with Gasteiger partial charge < -0.3 is 15.5 Å². The van der Waals surface area contributed by atoms with E-state index in [0.717, 1.165) is 52.2 Å². The van der Waals surface area contributed by atoms with Crippen LogP contribution in [0.3, 0.4) is 0 Å². The second kappa shape index (κ2) is 11.8. The molecule has 0 bridgehead atoms. The first kappa shape index (κ1) is 24.7. The average molecular weight is 485 g/mol. The van der Waals surface area contributed by atoms with Gasteiger partial charge in [-0.15, -0.1) is 0 Å². The van der Waals surface area contributed by atoms with Gasteiger partial charge in [0.15, 0.2) is 0 Å². The molecule has 0 saturated carbocycles. The molecule has 0 aliphatic carbocycles. The van der Waals surface area contributed by atoms with Crippen molar-refractivity contribution in [1.29, 1.82) is 0 Å². The second-order valence-corrected chi connectivity index (χ2v) is 8.57. The molecule has 9 nitrogen and oxygen atoms in total. The van der Waals surface area contributed by atoms with Crippen molar-refractivity contribution in [3.63, 3.8) is 0 Å². The molecule has 0 saturated heterocycles. The maximum Gasteiger partial charge on any atom is 0.123 e. The number of hydrogen-bond acceptors (Lipinski definition) is 5. The molecule has 2 N–H and O–H groups in total. The molecule has 0 aromatic heterocycles. The molecule has 3 aromatic carbocycles. The lowest BCUT2D eigenvalue weighted by Crippen LogP contribution is -2.29. The van der Waals surface area contributed by atoms with Crippen LogP contribution in [0.4, 0.5) is 21.5 Å². The number of anilines is 3. The smallest absolute Gasteiger partial charge is 0.123 e. The van der Waals surface area contributed by atoms with E-state index in [1.165, 1.54) is 12.1 Å². The Labute approximate surface area is 209 Å². The quantitative estimate of drug-likeness (QED) is 0.129. The second-order valence-electron chi connectivity index (χ2n) is 8.57. The lowest BCUT2D eigenvalue weighted by atomic mass is 9.84. The van der Waals surface area contributed by atoms with Crippen molar-refractivity contribution in [1.82, 2.24) is 0 Å². The number of fused-ring (bicyclic) bond motifs is 3. The molecule has 184 valence electrons. The van der Waals surface area contributed by atoms with Crippen molar-refractivity contribution in [3.8, 4) is 11.1 Å². The summed E-state index contributed by atoms with van der Waals surface area (Å²) in [4.78, 5) is 7.81. The molecule has 1 heterocycles. The zero-order valence-corrected chi connectivity index (χ0v) is 20.1. The average Bonchev–Trinajstić information content (AvgIpc) is 2.89. The van der Waals surface area contributed by atoms with Crippen LogP contribution in [-0.4, -0.2) is 33.2 Å². The maximum atomic E-state index is 13.7. The Hall–Kier alpha value is -4.39. The zero-order chi connectivity index (χ0) is 25.3. The molecule has 4 rings (SSSR count). The molecule has 0 spiro atoms. The first-order valence-electron chi connectivity index (χ1n) is 11.9. The summed E-state index contributed by atoms with van der Waals surface area (Å²) in [5, 5.41) is 14.0. The van der Waals surface area contributed by atoms with E-state index in [0.29, 0.717) is 26.2 Å². The van der Waals surface area contributed by atoms with Gasteiger partial charge in [0, 0.05) is 65.7 Å². The summed E-state index contributed by atoms with van der Waals surface area (Å²) in [7, 11) is 2.06. The first-order valence-corrected chi connectivity index (χ1v) is 11.9. The highest BCUT2D eigenvalue weighted by atomic mass is 18.2. The summed E-state index contributed by atoms with van der Waals surface area (Å²) in [6.45, 7) is 2.30. The van der Waals surface area contributed by atoms with Crippen LogP contribution in [0.15, 0.2) is 70.9 Å². The minimum Gasteiger partial charge on any atom is -0.385 e. The van der Waals surface area contributed by atoms with Gasteiger partial charge >= 0.3 is 0 Å². The summed E-state index contributed by atoms with van der Waals surface area (Å²) in [6, 6.07) is 19.2. The van der Waals surface area contributed by atoms with Crippen molar-refractivity contribution >= 4 is 17.1 Å². The van der Waals surface area contributed by atoms with E-state index in [4.69, 9.17) is 11.1 Å². The maximum absolute atomic E-state index is 13.7. The van der Waals surface area contributed by atoms with Crippen LogP contribution in [0.5, 0.6) is 0 Å². The minimum absolute atomic E-state index is 0.0988. The fraction of sp³-hybridized carbons (Fsp3) is 0.308. The Morgan fingerprint density at radius 1 is 0.833 bits per heavy atom. The Morgan fingerprint density at radius 3 is 2.03 bits per heavy atom. The number of nitrogens with one attached hydrogen (secondary N) is 2. The van der Waals surface area contributed by atoms with E-state index < -0.39 is 0 Å². The third-order valence-corrected chi connectivity index (χ3v) is 6.24. The van der Waals surface area contributed by atoms with Crippen LogP contribution in [0.25, 0.3) is 32.0 Å². The van der Waals surface area contributed by atoms with Crippen LogP contribution in [0.2, 0.25) is 0 Å². The van der Waals surface area contributed by atoms with Gasteiger partial charge in [-0.1, -0.05) is 34.5 Å². The minimum atomic E-state index is -0.263. The van der Waals surface area contributed by atoms with Crippen molar-refractivity contribution < 1.29 is 4.39 Å². The summed E-state index contributed by atoms with van der Waals surface area (Å²) >= 11 is 0. The standard InChI is InChI=1S/C26H28FN9/c1-36-25-17-21(31-13-3-15-33-35-29)9-11-23(25)22-10-8-20(30-12-2-14-32-34-28)16-24(22)26(36)18-4-6-19(27)7-5-18/h4-11,16-17,26,30-31H,2-3,12-15H2,1H3/i27-1. The molecule has 0 radical (unpaired) electrons. The summed E-state index contributed by atoms with van der Waals surface area (Å²) in [6.07, 6.45) is 1.49. The lowest BCUT2D eigenvalue weighted by Gasteiger charge is -2.38. The van der Waals surface area contributed by atoms with Crippen LogP contribution in [-0.2, 0) is 0 Å². The summed E-state index contributed by atoms with van der Waals surface area (Å²) in [5.41, 5.74) is 24.3. The van der Waals surface area contributed by atoms with Crippen LogP contribution in [0.1, 0.15) is 30.0 Å². The Kier molecular flexibility index (Phi) is 8.13. The van der Waals surface area contributed by atoms with Gasteiger partial charge in [0.1, 0.15) is 5.82 Å². The molecule has 1 unspecified atom stereocenters. The van der Waals surface area contributed by atoms with Gasteiger partial charge in [0.25, 0.3) is 0 Å². The van der Waals surface area contributed by atoms with Gasteiger partial charge in [-0.2, -0.15) is 0 Å². The Balaban J connectivity index is 1.66. The molecule has 3 aromatic rings. The van der Waals surface area contributed by atoms with Gasteiger partial charge in [-0.05, 0) is 77.0 Å². The number of halogens is 1. The van der Waals surface area contributed by atoms with Crippen molar-refractivity contribution in [3.05, 3.63) is 98.5 Å². The van der Waals surface area contributed by atoms with E-state index >= 15 is 0 Å². The molecule has 10 heteroatoms. The zero-order valence-electron chi connectivity index (χ0n) is 20.1. The molecular weight excluding hydrogens is 456 g/mol. The van der Waals surface area contributed by atoms with Gasteiger partial charge in [-0.3, -0.25) is 0 Å². The third kappa shape index (κ3) is 5.63. The predicted molar refractivity (Wildman–Crippen MR) is 143 cm³/mol. The Bertz CT molecular complexity index is 1300. The highest BCUT2D eigenvalue weighted by Crippen LogP contribution is 2.48. The molecular formula is C26H28FN9. The number of nitrogens with zero attached hydrogens (tertiary/aromatic N) is 7. The van der Waals surface area contributed by atoms with E-state index in [2.05, 4.69) is 79.0 Å². The van der Waals surface area contributed by atoms with E-state index in [9.17, 15) is 4.39 Å². The SMILES string of the molecule is CN1c2cc(NCCCN=[N+]=[N-])ccc2-c2ccc(NCCCN=[N+]=[N-])cc2C1c1ccc([18F])cc1. The van der Waals surface area contributed by atoms with E-state index in [-0.39, 0.29) is 11.9 Å². The summed E-state index contributed by atoms with van der Waals surface area (Å²) in [5.74, 6) is -0.263. The number of rotatable bonds is 11. The predicted octanol–water partition coefficient (Wildman–Crippen LogP) is 7.26. The van der Waals surface area contributed by atoms with Gasteiger partial charge in [0.05, 0.1) is 6.04 Å². The molecule has 1 aliphatic heterocycles. The van der Waals surface area contributed by atoms with Crippen molar-refractivity contribution in [2.45, 2.75) is 18.9 Å². The normalized spacial score (nSPS) is 13.6. The highest BCUT2D eigenvalue weighted by Gasteiger charge is 2.30. The molecule has 1 atom stereocenters. The molecule has 36 heavy (non-hydrogen) atoms. The van der Waals surface area contributed by atoms with Crippen LogP contribution < -0.4 is 15.5 Å². The number of benzene rings is 3. The molecule has 0 fully saturated rings. The largest absolute Gasteiger partial charge is 0.385 e. The highest BCUT2D eigenvalue weighted by molar-refractivity contribution is 5.88. The fourth-order valence-electron chi connectivity index (χ4n) is 4.56. The fourth-order valence-corrected chi connectivity index (χ4v) is 4.56. The number of hydrogen-bond donors (Lipinski definition) is 2. The lowest BCUT2D eigenvalue weighted by molar-refractivity contribution is 0.625. The van der Waals surface area contributed by atoms with Crippen molar-refractivity contribution in [2.24, 2.45) is 10.2 Å². The first-order chi connectivity index (χ1) is 17.6. The van der Waals surface area contributed by atoms with Gasteiger partial charge in [-0.25, -0.2) is 4.39 Å². The van der Waals surface area contributed by atoms with Gasteiger partial charge in [0.2, 0.25) is 0 Å². The van der Waals surface area contributed by atoms with E-state index in [1.54, 1.807) is 0 Å². The molecule has 0 amide bonds. The Morgan fingerprint density at radius 2 is 1.42 bits per heavy atom. The van der Waals surface area contributed by atoms with Crippen LogP contribution in [0, 0.1) is 5.82 Å². The topological polar surface area (TPSA) is 125 Å². The number of azide groups is 2. The molecule has 1 aliphatic rings. The van der Waals surface area contributed by atoms with Crippen molar-refractivity contribution in [2.75, 3.05) is 48.8 Å². The summed E-state index contributed by atoms with van der Waals surface area (Å²) < 4.78 is 13.7. The van der Waals surface area contributed by atoms with E-state index in [1.807, 2.05) is 12.1 Å².